The third-order valence-corrected chi connectivity index (χ3v) is 3.80. The highest BCUT2D eigenvalue weighted by Gasteiger charge is 2.61. The zero-order valence-electron chi connectivity index (χ0n) is 7.37. The third kappa shape index (κ3) is 0.887. The lowest BCUT2D eigenvalue weighted by atomic mass is 9.87. The van der Waals surface area contributed by atoms with Gasteiger partial charge in [-0.3, -0.25) is 0 Å². The summed E-state index contributed by atoms with van der Waals surface area (Å²) in [5, 5.41) is 0. The summed E-state index contributed by atoms with van der Waals surface area (Å²) in [5.41, 5.74) is 0.956. The Balaban J connectivity index is 2.68. The molecular formula is C9H17Cl. The van der Waals surface area contributed by atoms with Crippen LogP contribution in [-0.4, -0.2) is 5.88 Å². The van der Waals surface area contributed by atoms with Crippen molar-refractivity contribution >= 4 is 11.6 Å². The fourth-order valence-corrected chi connectivity index (χ4v) is 2.88. The molecule has 1 heteroatoms. The summed E-state index contributed by atoms with van der Waals surface area (Å²) in [4.78, 5) is 0. The Morgan fingerprint density at radius 2 is 1.80 bits per heavy atom. The Kier molecular flexibility index (Phi) is 1.79. The number of hydrogen-bond acceptors (Lipinski definition) is 0. The number of rotatable bonds is 2. The van der Waals surface area contributed by atoms with Crippen LogP contribution in [0.3, 0.4) is 0 Å². The highest BCUT2D eigenvalue weighted by Crippen LogP contribution is 2.67. The van der Waals surface area contributed by atoms with Crippen LogP contribution in [0.5, 0.6) is 0 Å². The molecule has 1 rings (SSSR count). The molecule has 0 N–H and O–H groups in total. The normalized spacial score (nSPS) is 36.6. The van der Waals surface area contributed by atoms with Crippen molar-refractivity contribution in [3.05, 3.63) is 0 Å². The van der Waals surface area contributed by atoms with Gasteiger partial charge in [0.05, 0.1) is 0 Å². The molecule has 0 saturated heterocycles. The second-order valence-electron chi connectivity index (χ2n) is 4.51. The number of alkyl halides is 1. The Hall–Kier alpha value is 0.290. The van der Waals surface area contributed by atoms with Crippen molar-refractivity contribution in [2.24, 2.45) is 16.7 Å². The van der Waals surface area contributed by atoms with Crippen LogP contribution in [0.1, 0.15) is 34.1 Å². The Morgan fingerprint density at radius 1 is 1.40 bits per heavy atom. The van der Waals surface area contributed by atoms with Crippen LogP contribution < -0.4 is 0 Å². The Bertz CT molecular complexity index is 138. The molecule has 1 atom stereocenters. The zero-order valence-corrected chi connectivity index (χ0v) is 8.13. The maximum atomic E-state index is 5.94. The summed E-state index contributed by atoms with van der Waals surface area (Å²) in [5.74, 6) is 1.57. The molecule has 0 aromatic heterocycles. The average molecular weight is 161 g/mol. The molecule has 0 heterocycles. The average Bonchev–Trinajstić information content (AvgIpc) is 2.35. The SMILES string of the molecule is CC(C)C1(CCl)CC1(C)C. The Labute approximate surface area is 69.0 Å². The van der Waals surface area contributed by atoms with E-state index in [2.05, 4.69) is 27.7 Å². The summed E-state index contributed by atoms with van der Waals surface area (Å²) in [7, 11) is 0. The molecule has 1 saturated carbocycles. The van der Waals surface area contributed by atoms with E-state index >= 15 is 0 Å². The molecule has 1 fully saturated rings. The van der Waals surface area contributed by atoms with E-state index in [4.69, 9.17) is 11.6 Å². The largest absolute Gasteiger partial charge is 0.126 e. The van der Waals surface area contributed by atoms with Crippen LogP contribution in [0.15, 0.2) is 0 Å². The minimum atomic E-state index is 0.453. The van der Waals surface area contributed by atoms with Crippen LogP contribution in [0, 0.1) is 16.7 Å². The molecule has 0 spiro atoms. The van der Waals surface area contributed by atoms with Gasteiger partial charge in [0, 0.05) is 5.88 Å². The molecule has 0 aromatic rings. The van der Waals surface area contributed by atoms with Crippen molar-refractivity contribution < 1.29 is 0 Å². The highest BCUT2D eigenvalue weighted by atomic mass is 35.5. The minimum absolute atomic E-state index is 0.453. The van der Waals surface area contributed by atoms with Crippen LogP contribution in [0.4, 0.5) is 0 Å². The molecule has 1 aliphatic rings. The second kappa shape index (κ2) is 2.14. The molecule has 0 aromatic carbocycles. The lowest BCUT2D eigenvalue weighted by molar-refractivity contribution is 0.314. The quantitative estimate of drug-likeness (QED) is 0.544. The van der Waals surface area contributed by atoms with E-state index in [0.29, 0.717) is 10.8 Å². The fourth-order valence-electron chi connectivity index (χ4n) is 2.11. The van der Waals surface area contributed by atoms with Gasteiger partial charge in [0.2, 0.25) is 0 Å². The first-order chi connectivity index (χ1) is 4.46. The van der Waals surface area contributed by atoms with Crippen molar-refractivity contribution in [1.29, 1.82) is 0 Å². The van der Waals surface area contributed by atoms with Crippen molar-refractivity contribution in [1.82, 2.24) is 0 Å². The summed E-state index contributed by atoms with van der Waals surface area (Å²) < 4.78 is 0. The van der Waals surface area contributed by atoms with Gasteiger partial charge in [-0.25, -0.2) is 0 Å². The van der Waals surface area contributed by atoms with Gasteiger partial charge in [0.1, 0.15) is 0 Å². The van der Waals surface area contributed by atoms with Gasteiger partial charge in [-0.1, -0.05) is 27.7 Å². The maximum Gasteiger partial charge on any atom is 0.0287 e. The molecule has 60 valence electrons. The zero-order chi connectivity index (χ0) is 7.99. The van der Waals surface area contributed by atoms with E-state index in [1.165, 1.54) is 6.42 Å². The topological polar surface area (TPSA) is 0 Å². The minimum Gasteiger partial charge on any atom is -0.126 e. The third-order valence-electron chi connectivity index (χ3n) is 3.32. The van der Waals surface area contributed by atoms with Gasteiger partial charge in [0.25, 0.3) is 0 Å². The van der Waals surface area contributed by atoms with Gasteiger partial charge in [-0.05, 0) is 23.2 Å². The van der Waals surface area contributed by atoms with Crippen molar-refractivity contribution in [2.45, 2.75) is 34.1 Å². The first-order valence-electron chi connectivity index (χ1n) is 4.02. The fraction of sp³-hybridized carbons (Fsp3) is 1.00. The molecule has 10 heavy (non-hydrogen) atoms. The number of hydrogen-bond donors (Lipinski definition) is 0. The van der Waals surface area contributed by atoms with Crippen molar-refractivity contribution in [3.63, 3.8) is 0 Å². The molecular weight excluding hydrogens is 144 g/mol. The van der Waals surface area contributed by atoms with Crippen LogP contribution in [0.25, 0.3) is 0 Å². The summed E-state index contributed by atoms with van der Waals surface area (Å²) in [6.45, 7) is 9.18. The standard InChI is InChI=1S/C9H17Cl/c1-7(2)9(6-10)5-8(9,3)4/h7H,5-6H2,1-4H3. The van der Waals surface area contributed by atoms with Crippen LogP contribution in [-0.2, 0) is 0 Å². The lowest BCUT2D eigenvalue weighted by Gasteiger charge is -2.21. The molecule has 0 bridgehead atoms. The van der Waals surface area contributed by atoms with Gasteiger partial charge in [-0.2, -0.15) is 0 Å². The monoisotopic (exact) mass is 160 g/mol. The van der Waals surface area contributed by atoms with Gasteiger partial charge in [-0.15, -0.1) is 11.6 Å². The summed E-state index contributed by atoms with van der Waals surface area (Å²) in [6, 6.07) is 0. The first kappa shape index (κ1) is 8.39. The maximum absolute atomic E-state index is 5.94. The van der Waals surface area contributed by atoms with Crippen molar-refractivity contribution in [2.75, 3.05) is 5.88 Å². The van der Waals surface area contributed by atoms with Gasteiger partial charge < -0.3 is 0 Å². The molecule has 0 nitrogen and oxygen atoms in total. The summed E-state index contributed by atoms with van der Waals surface area (Å²) >= 11 is 5.94. The predicted octanol–water partition coefficient (Wildman–Crippen LogP) is 3.30. The molecule has 0 radical (unpaired) electrons. The van der Waals surface area contributed by atoms with E-state index in [-0.39, 0.29) is 0 Å². The molecule has 1 unspecified atom stereocenters. The van der Waals surface area contributed by atoms with E-state index < -0.39 is 0 Å². The smallest absolute Gasteiger partial charge is 0.0287 e. The predicted molar refractivity (Wildman–Crippen MR) is 46.4 cm³/mol. The molecule has 0 aliphatic heterocycles. The van der Waals surface area contributed by atoms with Crippen molar-refractivity contribution in [3.8, 4) is 0 Å². The van der Waals surface area contributed by atoms with E-state index in [0.717, 1.165) is 11.8 Å². The Morgan fingerprint density at radius 3 is 1.80 bits per heavy atom. The molecule has 0 amide bonds. The van der Waals surface area contributed by atoms with E-state index in [1.54, 1.807) is 0 Å². The number of halogens is 1. The van der Waals surface area contributed by atoms with E-state index in [1.807, 2.05) is 0 Å². The summed E-state index contributed by atoms with van der Waals surface area (Å²) in [6.07, 6.45) is 1.31. The lowest BCUT2D eigenvalue weighted by Crippen LogP contribution is -2.17. The second-order valence-corrected chi connectivity index (χ2v) is 4.77. The van der Waals surface area contributed by atoms with E-state index in [9.17, 15) is 0 Å². The van der Waals surface area contributed by atoms with Gasteiger partial charge >= 0.3 is 0 Å². The van der Waals surface area contributed by atoms with Crippen LogP contribution in [0.2, 0.25) is 0 Å². The highest BCUT2D eigenvalue weighted by molar-refractivity contribution is 6.18. The first-order valence-corrected chi connectivity index (χ1v) is 4.56. The molecule has 1 aliphatic carbocycles. The van der Waals surface area contributed by atoms with Crippen LogP contribution >= 0.6 is 11.6 Å². The van der Waals surface area contributed by atoms with Gasteiger partial charge in [0.15, 0.2) is 0 Å².